The Bertz CT molecular complexity index is 918. The van der Waals surface area contributed by atoms with Gasteiger partial charge in [0, 0.05) is 38.1 Å². The van der Waals surface area contributed by atoms with E-state index in [1.165, 1.54) is 24.0 Å². The Labute approximate surface area is 190 Å². The second-order valence-electron chi connectivity index (χ2n) is 10.2. The molecule has 2 N–H and O–H groups in total. The van der Waals surface area contributed by atoms with Crippen LogP contribution in [0, 0.1) is 5.92 Å². The van der Waals surface area contributed by atoms with Crippen LogP contribution < -0.4 is 0 Å². The molecule has 3 fully saturated rings. The third kappa shape index (κ3) is 4.76. The van der Waals surface area contributed by atoms with Crippen LogP contribution in [0.25, 0.3) is 5.69 Å². The zero-order chi connectivity index (χ0) is 22.1. The zero-order valence-corrected chi connectivity index (χ0v) is 19.1. The molecule has 3 aliphatic rings. The maximum absolute atomic E-state index is 10.5. The quantitative estimate of drug-likeness (QED) is 0.689. The van der Waals surface area contributed by atoms with Gasteiger partial charge in [0.15, 0.2) is 0 Å². The third-order valence-electron chi connectivity index (χ3n) is 7.66. The number of aromatic nitrogens is 3. The molecule has 2 aliphatic heterocycles. The van der Waals surface area contributed by atoms with Gasteiger partial charge in [0.1, 0.15) is 0 Å². The van der Waals surface area contributed by atoms with E-state index in [0.29, 0.717) is 11.8 Å². The first-order chi connectivity index (χ1) is 15.5. The van der Waals surface area contributed by atoms with Crippen molar-refractivity contribution in [2.45, 2.75) is 69.4 Å². The molecule has 0 amide bonds. The molecule has 0 radical (unpaired) electrons. The van der Waals surface area contributed by atoms with E-state index in [1.54, 1.807) is 6.92 Å². The van der Waals surface area contributed by atoms with Crippen LogP contribution in [0.4, 0.5) is 0 Å². The first-order valence-corrected chi connectivity index (χ1v) is 12.2. The van der Waals surface area contributed by atoms with Crippen molar-refractivity contribution >= 4 is 0 Å². The van der Waals surface area contributed by atoms with Crippen LogP contribution in [-0.2, 0) is 11.3 Å². The van der Waals surface area contributed by atoms with Crippen molar-refractivity contribution in [3.8, 4) is 5.69 Å². The lowest BCUT2D eigenvalue weighted by molar-refractivity contribution is -0.0697. The van der Waals surface area contributed by atoms with E-state index >= 15 is 0 Å². The Morgan fingerprint density at radius 2 is 1.94 bits per heavy atom. The van der Waals surface area contributed by atoms with Crippen molar-refractivity contribution in [3.63, 3.8) is 0 Å². The zero-order valence-electron chi connectivity index (χ0n) is 19.1. The van der Waals surface area contributed by atoms with Crippen LogP contribution in [0.2, 0.25) is 0 Å². The van der Waals surface area contributed by atoms with Gasteiger partial charge in [-0.2, -0.15) is 0 Å². The molecule has 2 saturated heterocycles. The fourth-order valence-electron chi connectivity index (χ4n) is 5.30. The van der Waals surface area contributed by atoms with Crippen LogP contribution >= 0.6 is 0 Å². The van der Waals surface area contributed by atoms with E-state index in [1.807, 2.05) is 4.68 Å². The highest BCUT2D eigenvalue weighted by Gasteiger charge is 2.35. The van der Waals surface area contributed by atoms with Crippen molar-refractivity contribution in [3.05, 3.63) is 41.2 Å². The fourth-order valence-corrected chi connectivity index (χ4v) is 5.30. The molecular formula is C25H36N4O3. The summed E-state index contributed by atoms with van der Waals surface area (Å²) in [5, 5.41) is 29.0. The van der Waals surface area contributed by atoms with Gasteiger partial charge in [0.2, 0.25) is 0 Å². The first kappa shape index (κ1) is 22.0. The molecular weight excluding hydrogens is 404 g/mol. The summed E-state index contributed by atoms with van der Waals surface area (Å²) < 4.78 is 7.41. The number of aliphatic hydroxyl groups is 2. The molecule has 1 aromatic carbocycles. The Kier molecular flexibility index (Phi) is 6.34. The average molecular weight is 441 g/mol. The second kappa shape index (κ2) is 9.21. The molecule has 0 bridgehead atoms. The summed E-state index contributed by atoms with van der Waals surface area (Å²) in [5.41, 5.74) is 3.96. The summed E-state index contributed by atoms with van der Waals surface area (Å²) in [5.74, 6) is 1.20. The summed E-state index contributed by atoms with van der Waals surface area (Å²) in [7, 11) is 0. The third-order valence-corrected chi connectivity index (χ3v) is 7.66. The predicted molar refractivity (Wildman–Crippen MR) is 122 cm³/mol. The maximum Gasteiger partial charge on any atom is 0.0889 e. The minimum Gasteiger partial charge on any atom is -0.393 e. The molecule has 1 aliphatic carbocycles. The number of hydrogen-bond acceptors (Lipinski definition) is 6. The smallest absolute Gasteiger partial charge is 0.0889 e. The van der Waals surface area contributed by atoms with Crippen molar-refractivity contribution in [1.82, 2.24) is 19.9 Å². The van der Waals surface area contributed by atoms with Gasteiger partial charge in [-0.05, 0) is 81.2 Å². The predicted octanol–water partition coefficient (Wildman–Crippen LogP) is 2.99. The standard InChI is InChI=1S/C25H36N4O3/c1-25(31,17-30)21-3-2-10-28(15-21)14-20-6-7-22(13-23(20)18-4-5-18)29-16-24(26-27-29)19-8-11-32-12-9-19/h6-7,13,16,18-19,21,30-31H,2-5,8-12,14-15,17H2,1H3/t21-,25+/m0/s1. The lowest BCUT2D eigenvalue weighted by Crippen LogP contribution is -2.48. The molecule has 1 saturated carbocycles. The first-order valence-electron chi connectivity index (χ1n) is 12.2. The van der Waals surface area contributed by atoms with Crippen molar-refractivity contribution < 1.29 is 14.9 Å². The van der Waals surface area contributed by atoms with Gasteiger partial charge in [-0.25, -0.2) is 4.68 Å². The molecule has 5 rings (SSSR count). The Hall–Kier alpha value is -1.80. The average Bonchev–Trinajstić information content (AvgIpc) is 3.56. The van der Waals surface area contributed by atoms with Gasteiger partial charge < -0.3 is 14.9 Å². The largest absolute Gasteiger partial charge is 0.393 e. The molecule has 0 spiro atoms. The Morgan fingerprint density at radius 1 is 1.12 bits per heavy atom. The highest BCUT2D eigenvalue weighted by molar-refractivity contribution is 5.43. The summed E-state index contributed by atoms with van der Waals surface area (Å²) >= 11 is 0. The number of hydrogen-bond donors (Lipinski definition) is 2. The number of rotatable bonds is 7. The van der Waals surface area contributed by atoms with Crippen molar-refractivity contribution in [2.75, 3.05) is 32.9 Å². The molecule has 32 heavy (non-hydrogen) atoms. The molecule has 3 heterocycles. The number of aliphatic hydroxyl groups excluding tert-OH is 1. The van der Waals surface area contributed by atoms with E-state index < -0.39 is 5.60 Å². The second-order valence-corrected chi connectivity index (χ2v) is 10.2. The highest BCUT2D eigenvalue weighted by Crippen LogP contribution is 2.43. The SMILES string of the molecule is C[C@@](O)(CO)[C@H]1CCCN(Cc2ccc(-n3cc(C4CCOCC4)nn3)cc2C2CC2)C1. The number of likely N-dealkylation sites (tertiary alicyclic amines) is 1. The number of ether oxygens (including phenoxy) is 1. The number of benzene rings is 1. The summed E-state index contributed by atoms with van der Waals surface area (Å²) in [6, 6.07) is 6.72. The molecule has 2 atom stereocenters. The van der Waals surface area contributed by atoms with Gasteiger partial charge in [-0.3, -0.25) is 4.90 Å². The summed E-state index contributed by atoms with van der Waals surface area (Å²) in [4.78, 5) is 2.44. The van der Waals surface area contributed by atoms with E-state index in [2.05, 4.69) is 39.6 Å². The molecule has 7 nitrogen and oxygen atoms in total. The number of nitrogens with zero attached hydrogens (tertiary/aromatic N) is 4. The van der Waals surface area contributed by atoms with Crippen molar-refractivity contribution in [2.24, 2.45) is 5.92 Å². The summed E-state index contributed by atoms with van der Waals surface area (Å²) in [6.45, 7) is 5.97. The van der Waals surface area contributed by atoms with Crippen LogP contribution in [0.15, 0.2) is 24.4 Å². The monoisotopic (exact) mass is 440 g/mol. The van der Waals surface area contributed by atoms with Gasteiger partial charge in [0.05, 0.1) is 29.8 Å². The topological polar surface area (TPSA) is 83.6 Å². The minimum atomic E-state index is -1.00. The van der Waals surface area contributed by atoms with Crippen molar-refractivity contribution in [1.29, 1.82) is 0 Å². The van der Waals surface area contributed by atoms with Crippen LogP contribution in [0.1, 0.15) is 74.1 Å². The lowest BCUT2D eigenvalue weighted by atomic mass is 9.83. The molecule has 2 aromatic rings. The van der Waals surface area contributed by atoms with E-state index in [4.69, 9.17) is 4.74 Å². The van der Waals surface area contributed by atoms with E-state index in [9.17, 15) is 10.2 Å². The highest BCUT2D eigenvalue weighted by atomic mass is 16.5. The van der Waals surface area contributed by atoms with Gasteiger partial charge in [0.25, 0.3) is 0 Å². The summed E-state index contributed by atoms with van der Waals surface area (Å²) in [6.07, 6.45) is 8.67. The Balaban J connectivity index is 1.32. The normalized spacial score (nSPS) is 25.0. The van der Waals surface area contributed by atoms with Crippen LogP contribution in [-0.4, -0.2) is 68.6 Å². The maximum atomic E-state index is 10.5. The molecule has 0 unspecified atom stereocenters. The van der Waals surface area contributed by atoms with Gasteiger partial charge in [-0.15, -0.1) is 5.10 Å². The molecule has 7 heteroatoms. The van der Waals surface area contributed by atoms with Gasteiger partial charge >= 0.3 is 0 Å². The van der Waals surface area contributed by atoms with E-state index in [0.717, 1.165) is 69.9 Å². The van der Waals surface area contributed by atoms with Crippen LogP contribution in [0.5, 0.6) is 0 Å². The van der Waals surface area contributed by atoms with E-state index in [-0.39, 0.29) is 12.5 Å². The lowest BCUT2D eigenvalue weighted by Gasteiger charge is -2.39. The Morgan fingerprint density at radius 3 is 2.69 bits per heavy atom. The molecule has 174 valence electrons. The van der Waals surface area contributed by atoms with Crippen LogP contribution in [0.3, 0.4) is 0 Å². The fraction of sp³-hybridized carbons (Fsp3) is 0.680. The van der Waals surface area contributed by atoms with Gasteiger partial charge in [-0.1, -0.05) is 11.3 Å². The minimum absolute atomic E-state index is 0.114. The number of piperidine rings is 1. The molecule has 1 aromatic heterocycles.